The summed E-state index contributed by atoms with van der Waals surface area (Å²) in [5.74, 6) is -0.648. The predicted molar refractivity (Wildman–Crippen MR) is 165 cm³/mol. The molecule has 4 aromatic rings. The van der Waals surface area contributed by atoms with Gasteiger partial charge in [-0.2, -0.15) is 0 Å². The van der Waals surface area contributed by atoms with Crippen LogP contribution in [0.25, 0.3) is 0 Å². The SMILES string of the molecule is Cc1ccc(S(=O)(=O)N2CCC3(Sc4ccccc4C3=O)C3CN(S(=O)(=O)c4ccc(C)cc4)c4cccc2c43)cc1. The zero-order chi connectivity index (χ0) is 29.4. The Balaban J connectivity index is 1.44. The largest absolute Gasteiger partial charge is 0.293 e. The molecule has 2 unspecified atom stereocenters. The quantitative estimate of drug-likeness (QED) is 0.283. The average Bonchev–Trinajstić information content (AvgIpc) is 3.46. The van der Waals surface area contributed by atoms with Gasteiger partial charge in [-0.3, -0.25) is 13.4 Å². The van der Waals surface area contributed by atoms with Crippen LogP contribution in [0.4, 0.5) is 11.4 Å². The fraction of sp³-hybridized carbons (Fsp3) is 0.219. The van der Waals surface area contributed by atoms with Gasteiger partial charge in [0.2, 0.25) is 0 Å². The molecule has 7 rings (SSSR count). The Kier molecular flexibility index (Phi) is 6.13. The predicted octanol–water partition coefficient (Wildman–Crippen LogP) is 5.92. The summed E-state index contributed by atoms with van der Waals surface area (Å²) in [7, 11) is -8.03. The lowest BCUT2D eigenvalue weighted by Crippen LogP contribution is -2.43. The minimum Gasteiger partial charge on any atom is -0.293 e. The smallest absolute Gasteiger partial charge is 0.264 e. The van der Waals surface area contributed by atoms with E-state index in [2.05, 4.69) is 0 Å². The molecule has 0 radical (unpaired) electrons. The highest BCUT2D eigenvalue weighted by Crippen LogP contribution is 2.61. The minimum atomic E-state index is -4.02. The first-order valence-corrected chi connectivity index (χ1v) is 17.4. The van der Waals surface area contributed by atoms with E-state index in [-0.39, 0.29) is 35.1 Å². The van der Waals surface area contributed by atoms with Crippen LogP contribution in [-0.4, -0.2) is 40.5 Å². The second-order valence-corrected chi connectivity index (χ2v) is 16.2. The molecule has 10 heteroatoms. The van der Waals surface area contributed by atoms with E-state index in [9.17, 15) is 21.6 Å². The van der Waals surface area contributed by atoms with Crippen molar-refractivity contribution in [1.29, 1.82) is 0 Å². The molecular weight excluding hydrogens is 589 g/mol. The number of hydrogen-bond acceptors (Lipinski definition) is 6. The molecule has 2 atom stereocenters. The van der Waals surface area contributed by atoms with Crippen molar-refractivity contribution in [3.8, 4) is 0 Å². The molecule has 3 aliphatic heterocycles. The Morgan fingerprint density at radius 1 is 0.714 bits per heavy atom. The van der Waals surface area contributed by atoms with Crippen molar-refractivity contribution >= 4 is 49.0 Å². The number of thioether (sulfide) groups is 1. The Bertz CT molecular complexity index is 1970. The lowest BCUT2D eigenvalue weighted by atomic mass is 9.80. The summed E-state index contributed by atoms with van der Waals surface area (Å²) >= 11 is 1.44. The van der Waals surface area contributed by atoms with Crippen LogP contribution in [0.15, 0.2) is 106 Å². The first-order valence-electron chi connectivity index (χ1n) is 13.7. The van der Waals surface area contributed by atoms with Crippen LogP contribution in [0.5, 0.6) is 0 Å². The number of sulfonamides is 2. The second-order valence-electron chi connectivity index (χ2n) is 11.1. The molecule has 0 aromatic heterocycles. The maximum Gasteiger partial charge on any atom is 0.264 e. The van der Waals surface area contributed by atoms with Crippen LogP contribution in [0.3, 0.4) is 0 Å². The number of carbonyl (C=O) groups is 1. The summed E-state index contributed by atoms with van der Waals surface area (Å²) in [5, 5.41) is 0. The van der Waals surface area contributed by atoms with Gasteiger partial charge in [0, 0.05) is 35.0 Å². The van der Waals surface area contributed by atoms with Gasteiger partial charge in [-0.1, -0.05) is 59.7 Å². The van der Waals surface area contributed by atoms with Crippen LogP contribution < -0.4 is 8.61 Å². The molecule has 0 saturated carbocycles. The third kappa shape index (κ3) is 3.88. The molecule has 0 fully saturated rings. The van der Waals surface area contributed by atoms with Gasteiger partial charge >= 0.3 is 0 Å². The lowest BCUT2D eigenvalue weighted by molar-refractivity contribution is 0.0930. The van der Waals surface area contributed by atoms with E-state index >= 15 is 0 Å². The van der Waals surface area contributed by atoms with Crippen LogP contribution in [-0.2, 0) is 20.0 Å². The standard InChI is InChI=1S/C32H28N2O5S3/c1-21-10-14-23(15-11-21)41(36,37)33-19-18-32(31(35)25-6-3-4-9-29(25)40-32)26-20-34(28-8-5-7-27(33)30(26)28)42(38,39)24-16-12-22(2)13-17-24/h3-17,26H,18-20H2,1-2H3. The topological polar surface area (TPSA) is 91.8 Å². The molecule has 3 aliphatic rings. The summed E-state index contributed by atoms with van der Waals surface area (Å²) in [4.78, 5) is 15.4. The number of hydrogen-bond donors (Lipinski definition) is 0. The minimum absolute atomic E-state index is 0.0354. The fourth-order valence-electron chi connectivity index (χ4n) is 6.39. The Morgan fingerprint density at radius 2 is 1.26 bits per heavy atom. The second kappa shape index (κ2) is 9.45. The Hall–Kier alpha value is -3.60. The van der Waals surface area contributed by atoms with Gasteiger partial charge in [-0.15, -0.1) is 11.8 Å². The van der Waals surface area contributed by atoms with Crippen molar-refractivity contribution in [2.24, 2.45) is 0 Å². The molecule has 0 bridgehead atoms. The molecule has 0 N–H and O–H groups in total. The number of nitrogens with zero attached hydrogens (tertiary/aromatic N) is 2. The van der Waals surface area contributed by atoms with Gasteiger partial charge in [0.1, 0.15) is 0 Å². The molecular formula is C32H28N2O5S3. The van der Waals surface area contributed by atoms with Gasteiger partial charge in [0.15, 0.2) is 5.78 Å². The maximum atomic E-state index is 14.3. The highest BCUT2D eigenvalue weighted by atomic mass is 32.2. The molecule has 0 amide bonds. The van der Waals surface area contributed by atoms with E-state index in [0.29, 0.717) is 22.5 Å². The van der Waals surface area contributed by atoms with Gasteiger partial charge in [-0.25, -0.2) is 16.8 Å². The number of benzene rings is 4. The lowest BCUT2D eigenvalue weighted by Gasteiger charge is -2.32. The van der Waals surface area contributed by atoms with Crippen molar-refractivity contribution < 1.29 is 21.6 Å². The first kappa shape index (κ1) is 27.2. The Morgan fingerprint density at radius 3 is 1.86 bits per heavy atom. The molecule has 7 nitrogen and oxygen atoms in total. The number of rotatable bonds is 4. The molecule has 42 heavy (non-hydrogen) atoms. The zero-order valence-electron chi connectivity index (χ0n) is 23.0. The normalized spacial score (nSPS) is 21.4. The van der Waals surface area contributed by atoms with Crippen molar-refractivity contribution in [2.75, 3.05) is 21.7 Å². The average molecular weight is 617 g/mol. The summed E-state index contributed by atoms with van der Waals surface area (Å²) in [6, 6.07) is 25.9. The van der Waals surface area contributed by atoms with Gasteiger partial charge in [-0.05, 0) is 62.7 Å². The number of carbonyl (C=O) groups excluding carboxylic acids is 1. The molecule has 214 valence electrons. The maximum absolute atomic E-state index is 14.3. The number of Topliss-reactive ketones (excluding diaryl/α,β-unsaturated/α-hetero) is 1. The van der Waals surface area contributed by atoms with Crippen molar-refractivity contribution in [1.82, 2.24) is 0 Å². The summed E-state index contributed by atoms with van der Waals surface area (Å²) < 4.78 is 58.3. The first-order chi connectivity index (χ1) is 20.0. The number of anilines is 2. The highest BCUT2D eigenvalue weighted by molar-refractivity contribution is 8.02. The Labute approximate surface area is 250 Å². The van der Waals surface area contributed by atoms with Gasteiger partial charge in [0.05, 0.1) is 25.9 Å². The van der Waals surface area contributed by atoms with E-state index in [4.69, 9.17) is 0 Å². The third-order valence-corrected chi connectivity index (χ3v) is 13.8. The van der Waals surface area contributed by atoms with Crippen LogP contribution >= 0.6 is 11.8 Å². The molecule has 1 spiro atoms. The summed E-state index contributed by atoms with van der Waals surface area (Å²) in [5.41, 5.74) is 3.87. The van der Waals surface area contributed by atoms with Crippen molar-refractivity contribution in [2.45, 2.75) is 45.6 Å². The van der Waals surface area contributed by atoms with E-state index in [1.807, 2.05) is 32.0 Å². The molecule has 3 heterocycles. The van der Waals surface area contributed by atoms with Gasteiger partial charge in [0.25, 0.3) is 20.0 Å². The third-order valence-electron chi connectivity index (χ3n) is 8.57. The van der Waals surface area contributed by atoms with Crippen LogP contribution in [0.2, 0.25) is 0 Å². The zero-order valence-corrected chi connectivity index (χ0v) is 25.5. The van der Waals surface area contributed by atoms with Crippen molar-refractivity contribution in [3.63, 3.8) is 0 Å². The molecule has 0 saturated heterocycles. The number of fused-ring (bicyclic) bond motifs is 2. The monoisotopic (exact) mass is 616 g/mol. The molecule has 4 aromatic carbocycles. The highest BCUT2D eigenvalue weighted by Gasteiger charge is 2.59. The molecule has 0 aliphatic carbocycles. The van der Waals surface area contributed by atoms with E-state index in [0.717, 1.165) is 16.0 Å². The summed E-state index contributed by atoms with van der Waals surface area (Å²) in [6.45, 7) is 3.90. The van der Waals surface area contributed by atoms with Crippen LogP contribution in [0.1, 0.15) is 39.4 Å². The van der Waals surface area contributed by atoms with E-state index in [1.165, 1.54) is 20.4 Å². The van der Waals surface area contributed by atoms with Crippen LogP contribution in [0, 0.1) is 13.8 Å². The van der Waals surface area contributed by atoms with Gasteiger partial charge < -0.3 is 0 Å². The fourth-order valence-corrected chi connectivity index (χ4v) is 10.9. The number of aryl methyl sites for hydroxylation is 2. The van der Waals surface area contributed by atoms with E-state index in [1.54, 1.807) is 72.8 Å². The van der Waals surface area contributed by atoms with Crippen molar-refractivity contribution in [3.05, 3.63) is 113 Å². The van der Waals surface area contributed by atoms with E-state index < -0.39 is 30.7 Å². The summed E-state index contributed by atoms with van der Waals surface area (Å²) in [6.07, 6.45) is 0.230. The number of ketones is 1.